The van der Waals surface area contributed by atoms with Gasteiger partial charge in [0.1, 0.15) is 5.75 Å². The van der Waals surface area contributed by atoms with Crippen LogP contribution in [0.15, 0.2) is 24.4 Å². The zero-order valence-corrected chi connectivity index (χ0v) is 21.6. The van der Waals surface area contributed by atoms with Gasteiger partial charge in [0.25, 0.3) is 0 Å². The molecule has 0 saturated carbocycles. The van der Waals surface area contributed by atoms with Crippen molar-refractivity contribution >= 4 is 17.0 Å². The molecule has 29 heavy (non-hydrogen) atoms. The summed E-state index contributed by atoms with van der Waals surface area (Å²) in [7, 11) is 1.82. The molecule has 0 aliphatic carbocycles. The normalized spacial score (nSPS) is 18.6. The van der Waals surface area contributed by atoms with E-state index in [4.69, 9.17) is 4.74 Å². The van der Waals surface area contributed by atoms with Crippen LogP contribution in [-0.2, 0) is 33.7 Å². The third-order valence-electron chi connectivity index (χ3n) is 6.18. The number of hydrogen-bond donors (Lipinski definition) is 1. The monoisotopic (exact) mass is 497 g/mol. The standard InChI is InChI=1S/C22H31N4O2.Cd/c1-23-11-8-17-16-24-19-6-5-7-20(21(17)19)28-22(27)26-14-9-18(10-15-26)25-12-3-2-4-13-25;/h5-7,16,18,24H,2-4,8-15H2,1H3;/q-1;. The fraction of sp³-hybridized carbons (Fsp3) is 0.591. The molecule has 2 aliphatic heterocycles. The summed E-state index contributed by atoms with van der Waals surface area (Å²) in [5.41, 5.74) is 2.15. The van der Waals surface area contributed by atoms with E-state index >= 15 is 0 Å². The number of nitrogens with one attached hydrogen (secondary N) is 1. The van der Waals surface area contributed by atoms with E-state index in [1.807, 2.05) is 36.3 Å². The molecule has 154 valence electrons. The minimum atomic E-state index is -0.225. The van der Waals surface area contributed by atoms with E-state index in [2.05, 4.69) is 15.2 Å². The first kappa shape index (κ1) is 22.6. The first-order valence-electron chi connectivity index (χ1n) is 10.6. The number of piperidine rings is 2. The molecule has 3 heterocycles. The molecule has 2 aromatic rings. The molecule has 1 amide bonds. The summed E-state index contributed by atoms with van der Waals surface area (Å²) in [5, 5.41) is 5.20. The summed E-state index contributed by atoms with van der Waals surface area (Å²) >= 11 is 0. The minimum Gasteiger partial charge on any atom is -0.665 e. The Labute approximate surface area is 193 Å². The number of amides is 1. The fourth-order valence-corrected chi connectivity index (χ4v) is 4.59. The van der Waals surface area contributed by atoms with E-state index in [-0.39, 0.29) is 33.4 Å². The van der Waals surface area contributed by atoms with Gasteiger partial charge in [0.2, 0.25) is 0 Å². The van der Waals surface area contributed by atoms with Crippen LogP contribution in [0.5, 0.6) is 5.75 Å². The van der Waals surface area contributed by atoms with E-state index in [1.165, 1.54) is 32.4 Å². The van der Waals surface area contributed by atoms with Crippen molar-refractivity contribution in [2.24, 2.45) is 0 Å². The summed E-state index contributed by atoms with van der Waals surface area (Å²) in [5.74, 6) is 0.646. The van der Waals surface area contributed by atoms with Gasteiger partial charge in [0, 0.05) is 63.5 Å². The number of likely N-dealkylation sites (tertiary alicyclic amines) is 2. The van der Waals surface area contributed by atoms with Crippen molar-refractivity contribution in [1.29, 1.82) is 0 Å². The summed E-state index contributed by atoms with van der Waals surface area (Å²) in [6, 6.07) is 6.46. The van der Waals surface area contributed by atoms with Crippen LogP contribution in [0.3, 0.4) is 0 Å². The smallest absolute Gasteiger partial charge is 0.415 e. The number of nitrogens with zero attached hydrogens (tertiary/aromatic N) is 3. The molecule has 2 fully saturated rings. The van der Waals surface area contributed by atoms with Gasteiger partial charge in [-0.3, -0.25) is 0 Å². The Balaban J connectivity index is 0.00000240. The second kappa shape index (κ2) is 10.8. The van der Waals surface area contributed by atoms with Crippen LogP contribution in [0, 0.1) is 0 Å². The number of aromatic nitrogens is 1. The van der Waals surface area contributed by atoms with Gasteiger partial charge in [0.15, 0.2) is 0 Å². The molecule has 2 aliphatic rings. The van der Waals surface area contributed by atoms with Gasteiger partial charge in [-0.1, -0.05) is 12.5 Å². The molecule has 4 rings (SSSR count). The fourth-order valence-electron chi connectivity index (χ4n) is 4.59. The minimum absolute atomic E-state index is 0. The number of aromatic amines is 1. The molecule has 0 spiro atoms. The van der Waals surface area contributed by atoms with E-state index in [0.717, 1.165) is 55.4 Å². The van der Waals surface area contributed by atoms with E-state index in [1.54, 1.807) is 0 Å². The first-order valence-corrected chi connectivity index (χ1v) is 10.6. The second-order valence-electron chi connectivity index (χ2n) is 7.97. The van der Waals surface area contributed by atoms with Gasteiger partial charge in [-0.2, -0.15) is 7.05 Å². The SMILES string of the molecule is C[N-]CCc1c[nH]c2cccc(OC(=O)N3CCC(N4CCCCC4)CC3)c12.[Cd]. The topological polar surface area (TPSA) is 62.7 Å². The number of carbonyl (C=O) groups is 1. The molecule has 0 atom stereocenters. The predicted octanol–water partition coefficient (Wildman–Crippen LogP) is 4.16. The molecule has 7 heteroatoms. The molecular formula is C22H31CdN4O2-. The quantitative estimate of drug-likeness (QED) is 0.634. The molecule has 1 aromatic heterocycles. The number of rotatable bonds is 5. The number of likely N-dealkylation sites (N-methyl/N-ethyl adjacent to an activating group) is 1. The second-order valence-corrected chi connectivity index (χ2v) is 7.97. The Morgan fingerprint density at radius 3 is 2.66 bits per heavy atom. The molecular weight excluding hydrogens is 465 g/mol. The summed E-state index contributed by atoms with van der Waals surface area (Å²) in [6.07, 6.45) is 8.70. The maximum Gasteiger partial charge on any atom is 0.415 e. The zero-order valence-electron chi connectivity index (χ0n) is 17.5. The van der Waals surface area contributed by atoms with Gasteiger partial charge in [-0.15, -0.1) is 6.54 Å². The summed E-state index contributed by atoms with van der Waals surface area (Å²) < 4.78 is 5.85. The number of fused-ring (bicyclic) bond motifs is 1. The molecule has 0 bridgehead atoms. The van der Waals surface area contributed by atoms with Crippen LogP contribution in [0.4, 0.5) is 4.79 Å². The van der Waals surface area contributed by atoms with Crippen molar-refractivity contribution in [3.05, 3.63) is 35.3 Å². The number of ether oxygens (including phenoxy) is 1. The summed E-state index contributed by atoms with van der Waals surface area (Å²) in [4.78, 5) is 20.6. The van der Waals surface area contributed by atoms with Crippen LogP contribution in [0.25, 0.3) is 16.2 Å². The molecule has 0 unspecified atom stereocenters. The third-order valence-corrected chi connectivity index (χ3v) is 6.18. The van der Waals surface area contributed by atoms with Crippen LogP contribution in [0.1, 0.15) is 37.7 Å². The van der Waals surface area contributed by atoms with Gasteiger partial charge < -0.3 is 24.8 Å². The van der Waals surface area contributed by atoms with E-state index < -0.39 is 0 Å². The largest absolute Gasteiger partial charge is 0.665 e. The molecule has 0 radical (unpaired) electrons. The van der Waals surface area contributed by atoms with Crippen molar-refractivity contribution in [2.45, 2.75) is 44.6 Å². The number of benzene rings is 1. The maximum atomic E-state index is 12.8. The zero-order chi connectivity index (χ0) is 19.3. The Morgan fingerprint density at radius 1 is 1.17 bits per heavy atom. The van der Waals surface area contributed by atoms with Gasteiger partial charge in [0.05, 0.1) is 0 Å². The van der Waals surface area contributed by atoms with E-state index in [9.17, 15) is 4.79 Å². The van der Waals surface area contributed by atoms with Crippen molar-refractivity contribution in [3.63, 3.8) is 0 Å². The Kier molecular flexibility index (Phi) is 8.37. The summed E-state index contributed by atoms with van der Waals surface area (Å²) in [6.45, 7) is 4.77. The third kappa shape index (κ3) is 5.33. The number of H-pyrrole nitrogens is 1. The van der Waals surface area contributed by atoms with Crippen LogP contribution in [0.2, 0.25) is 0 Å². The average molecular weight is 496 g/mol. The van der Waals surface area contributed by atoms with Gasteiger partial charge in [-0.25, -0.2) is 4.79 Å². The molecule has 1 N–H and O–H groups in total. The van der Waals surface area contributed by atoms with Crippen molar-refractivity contribution < 1.29 is 36.8 Å². The van der Waals surface area contributed by atoms with Crippen LogP contribution in [-0.4, -0.2) is 66.7 Å². The van der Waals surface area contributed by atoms with Crippen LogP contribution < -0.4 is 4.74 Å². The number of carbonyl (C=O) groups excluding carboxylic acids is 1. The first-order chi connectivity index (χ1) is 13.8. The van der Waals surface area contributed by atoms with Crippen molar-refractivity contribution in [2.75, 3.05) is 39.8 Å². The predicted molar refractivity (Wildman–Crippen MR) is 112 cm³/mol. The van der Waals surface area contributed by atoms with Gasteiger partial charge in [-0.05, 0) is 62.9 Å². The Bertz CT molecular complexity index is 795. The van der Waals surface area contributed by atoms with Gasteiger partial charge >= 0.3 is 6.09 Å². The number of hydrogen-bond acceptors (Lipinski definition) is 3. The maximum absolute atomic E-state index is 12.8. The van der Waals surface area contributed by atoms with Crippen molar-refractivity contribution in [1.82, 2.24) is 14.8 Å². The van der Waals surface area contributed by atoms with Crippen molar-refractivity contribution in [3.8, 4) is 5.75 Å². The Morgan fingerprint density at radius 2 is 1.93 bits per heavy atom. The molecule has 6 nitrogen and oxygen atoms in total. The van der Waals surface area contributed by atoms with Crippen LogP contribution >= 0.6 is 0 Å². The molecule has 1 aromatic carbocycles. The van der Waals surface area contributed by atoms with E-state index in [0.29, 0.717) is 11.8 Å². The molecule has 2 saturated heterocycles. The average Bonchev–Trinajstić information content (AvgIpc) is 3.17. The Hall–Kier alpha value is -1.13.